The van der Waals surface area contributed by atoms with E-state index in [1.165, 1.54) is 19.4 Å². The van der Waals surface area contributed by atoms with E-state index in [0.717, 1.165) is 11.4 Å². The van der Waals surface area contributed by atoms with Gasteiger partial charge in [-0.05, 0) is 36.0 Å². The van der Waals surface area contributed by atoms with Crippen LogP contribution in [0.5, 0.6) is 11.5 Å². The molecule has 0 radical (unpaired) electrons. The average molecular weight is 404 g/mol. The third-order valence-corrected chi connectivity index (χ3v) is 5.66. The van der Waals surface area contributed by atoms with Gasteiger partial charge in [-0.25, -0.2) is 0 Å². The highest BCUT2D eigenvalue weighted by Crippen LogP contribution is 2.52. The number of imide groups is 1. The molecule has 0 spiro atoms. The highest BCUT2D eigenvalue weighted by molar-refractivity contribution is 6.32. The van der Waals surface area contributed by atoms with Gasteiger partial charge >= 0.3 is 0 Å². The summed E-state index contributed by atoms with van der Waals surface area (Å²) in [7, 11) is 1.42. The molecule has 4 atom stereocenters. The van der Waals surface area contributed by atoms with Crippen LogP contribution in [-0.2, 0) is 14.4 Å². The van der Waals surface area contributed by atoms with Crippen molar-refractivity contribution in [2.24, 2.45) is 34.5 Å². The zero-order chi connectivity index (χ0) is 20.0. The number of methoxy groups -OCH3 is 1. The highest BCUT2D eigenvalue weighted by Gasteiger charge is 2.59. The smallest absolute Gasteiger partial charge is 0.255 e. The van der Waals surface area contributed by atoms with Crippen molar-refractivity contribution in [2.75, 3.05) is 13.7 Å². The number of nitrogens with zero attached hydrogens (tertiary/aromatic N) is 2. The Morgan fingerprint density at radius 2 is 1.93 bits per heavy atom. The molecule has 8 nitrogen and oxygen atoms in total. The molecule has 2 N–H and O–H groups in total. The number of hydrogen-bond acceptors (Lipinski definition) is 6. The molecule has 4 rings (SSSR count). The van der Waals surface area contributed by atoms with Crippen LogP contribution in [0.1, 0.15) is 12.0 Å². The van der Waals surface area contributed by atoms with Gasteiger partial charge < -0.3 is 15.2 Å². The maximum absolute atomic E-state index is 12.6. The van der Waals surface area contributed by atoms with Crippen LogP contribution in [-0.4, -0.2) is 42.7 Å². The third-order valence-electron chi connectivity index (χ3n) is 5.38. The Morgan fingerprint density at radius 3 is 2.50 bits per heavy atom. The number of carbonyl (C=O) groups is 3. The lowest BCUT2D eigenvalue weighted by Crippen LogP contribution is -2.28. The number of fused-ring (bicyclic) bond motifs is 5. The Balaban J connectivity index is 1.55. The van der Waals surface area contributed by atoms with Crippen LogP contribution in [0.4, 0.5) is 0 Å². The second-order valence-electron chi connectivity index (χ2n) is 7.02. The summed E-state index contributed by atoms with van der Waals surface area (Å²) < 4.78 is 10.5. The summed E-state index contributed by atoms with van der Waals surface area (Å²) in [6, 6.07) is 3.10. The number of allylic oxidation sites excluding steroid dienone is 2. The molecule has 3 aliphatic rings. The first-order valence-corrected chi connectivity index (χ1v) is 9.17. The Bertz CT molecular complexity index is 898. The largest absolute Gasteiger partial charge is 0.493 e. The number of amides is 3. The first kappa shape index (κ1) is 18.5. The highest BCUT2D eigenvalue weighted by atomic mass is 35.5. The van der Waals surface area contributed by atoms with E-state index in [0.29, 0.717) is 5.56 Å². The molecule has 2 fully saturated rings. The average Bonchev–Trinajstić information content (AvgIpc) is 3.33. The molecule has 1 saturated heterocycles. The quantitative estimate of drug-likeness (QED) is 0.438. The summed E-state index contributed by atoms with van der Waals surface area (Å²) in [6.07, 6.45) is 6.29. The van der Waals surface area contributed by atoms with E-state index in [1.54, 1.807) is 6.07 Å². The lowest BCUT2D eigenvalue weighted by Gasteiger charge is -2.13. The van der Waals surface area contributed by atoms with Crippen LogP contribution in [0.3, 0.4) is 0 Å². The third kappa shape index (κ3) is 2.93. The molecule has 1 heterocycles. The molecular formula is C19H18ClN3O5. The van der Waals surface area contributed by atoms with Crippen LogP contribution >= 0.6 is 11.6 Å². The summed E-state index contributed by atoms with van der Waals surface area (Å²) in [5.74, 6) is -1.08. The number of hydrogen-bond donors (Lipinski definition) is 1. The lowest BCUT2D eigenvalue weighted by molar-refractivity contribution is -0.140. The van der Waals surface area contributed by atoms with Gasteiger partial charge in [-0.2, -0.15) is 10.1 Å². The van der Waals surface area contributed by atoms with Gasteiger partial charge in [0.2, 0.25) is 0 Å². The predicted molar refractivity (Wildman–Crippen MR) is 99.9 cm³/mol. The van der Waals surface area contributed by atoms with E-state index >= 15 is 0 Å². The molecule has 2 bridgehead atoms. The topological polar surface area (TPSA) is 111 Å². The minimum atomic E-state index is -0.649. The number of nitrogens with two attached hydrogens (primary N) is 1. The van der Waals surface area contributed by atoms with Gasteiger partial charge in [0, 0.05) is 0 Å². The number of primary amides is 1. The summed E-state index contributed by atoms with van der Waals surface area (Å²) in [5, 5.41) is 5.25. The van der Waals surface area contributed by atoms with Gasteiger partial charge in [0.15, 0.2) is 18.1 Å². The number of rotatable bonds is 6. The molecule has 0 unspecified atom stereocenters. The zero-order valence-corrected chi connectivity index (χ0v) is 15.8. The van der Waals surface area contributed by atoms with Crippen LogP contribution in [0.25, 0.3) is 0 Å². The van der Waals surface area contributed by atoms with Crippen molar-refractivity contribution < 1.29 is 23.9 Å². The van der Waals surface area contributed by atoms with Gasteiger partial charge in [-0.3, -0.25) is 14.4 Å². The van der Waals surface area contributed by atoms with Crippen molar-refractivity contribution in [1.29, 1.82) is 0 Å². The predicted octanol–water partition coefficient (Wildman–Crippen LogP) is 1.35. The van der Waals surface area contributed by atoms with Crippen molar-refractivity contribution in [1.82, 2.24) is 5.01 Å². The number of ether oxygens (including phenoxy) is 2. The summed E-state index contributed by atoms with van der Waals surface area (Å²) in [5.41, 5.74) is 5.58. The molecule has 3 amide bonds. The molecule has 28 heavy (non-hydrogen) atoms. The van der Waals surface area contributed by atoms with Gasteiger partial charge in [0.05, 0.1) is 30.2 Å². The van der Waals surface area contributed by atoms with E-state index < -0.39 is 5.91 Å². The Kier molecular flexibility index (Phi) is 4.58. The molecular weight excluding hydrogens is 386 g/mol. The fourth-order valence-electron chi connectivity index (χ4n) is 4.22. The number of benzene rings is 1. The minimum Gasteiger partial charge on any atom is -0.493 e. The van der Waals surface area contributed by atoms with Crippen LogP contribution < -0.4 is 15.2 Å². The van der Waals surface area contributed by atoms with E-state index in [9.17, 15) is 14.4 Å². The molecule has 1 aromatic carbocycles. The van der Waals surface area contributed by atoms with Crippen LogP contribution in [0.15, 0.2) is 29.4 Å². The van der Waals surface area contributed by atoms with E-state index in [2.05, 4.69) is 5.10 Å². The molecule has 1 aromatic rings. The van der Waals surface area contributed by atoms with Crippen molar-refractivity contribution in [3.63, 3.8) is 0 Å². The van der Waals surface area contributed by atoms with Crippen molar-refractivity contribution >= 4 is 35.5 Å². The standard InChI is InChI=1S/C19H18ClN3O5/c1-27-13-5-9(4-12(20)17(13)28-8-14(21)24)7-22-23-18(25)15-10-2-3-11(6-10)16(15)19(23)26/h2-5,7,10-11,15-16H,6,8H2,1H3,(H2,21,24)/t10-,11-,15-,16+/m0/s1. The first-order chi connectivity index (χ1) is 13.4. The van der Waals surface area contributed by atoms with Gasteiger partial charge in [0.25, 0.3) is 17.7 Å². The van der Waals surface area contributed by atoms with E-state index in [-0.39, 0.29) is 58.6 Å². The summed E-state index contributed by atoms with van der Waals surface area (Å²) in [4.78, 5) is 36.2. The summed E-state index contributed by atoms with van der Waals surface area (Å²) >= 11 is 6.20. The van der Waals surface area contributed by atoms with E-state index in [4.69, 9.17) is 26.8 Å². The van der Waals surface area contributed by atoms with Crippen molar-refractivity contribution in [3.8, 4) is 11.5 Å². The molecule has 0 aromatic heterocycles. The fraction of sp³-hybridized carbons (Fsp3) is 0.368. The lowest BCUT2D eigenvalue weighted by atomic mass is 9.85. The second-order valence-corrected chi connectivity index (χ2v) is 7.43. The SMILES string of the molecule is COc1cc(C=NN2C(=O)[C@@H]3[C@H](C2=O)[C@H]2C=C[C@H]3C2)cc(Cl)c1OCC(N)=O. The Morgan fingerprint density at radius 1 is 1.29 bits per heavy atom. The maximum Gasteiger partial charge on any atom is 0.255 e. The molecule has 9 heteroatoms. The van der Waals surface area contributed by atoms with Crippen LogP contribution in [0, 0.1) is 23.7 Å². The monoisotopic (exact) mass is 403 g/mol. The van der Waals surface area contributed by atoms with Crippen molar-refractivity contribution in [3.05, 3.63) is 34.9 Å². The fourth-order valence-corrected chi connectivity index (χ4v) is 4.50. The van der Waals surface area contributed by atoms with E-state index in [1.807, 2.05) is 12.2 Å². The number of carbonyl (C=O) groups excluding carboxylic acids is 3. The van der Waals surface area contributed by atoms with Gasteiger partial charge in [-0.1, -0.05) is 23.8 Å². The second kappa shape index (κ2) is 6.94. The molecule has 1 saturated carbocycles. The Labute approximate surface area is 165 Å². The van der Waals surface area contributed by atoms with Gasteiger partial charge in [0.1, 0.15) is 0 Å². The van der Waals surface area contributed by atoms with Crippen molar-refractivity contribution in [2.45, 2.75) is 6.42 Å². The molecule has 146 valence electrons. The Hall–Kier alpha value is -2.87. The maximum atomic E-state index is 12.6. The molecule has 2 aliphatic carbocycles. The minimum absolute atomic E-state index is 0.128. The normalized spacial score (nSPS) is 27.7. The van der Waals surface area contributed by atoms with Gasteiger partial charge in [-0.15, -0.1) is 0 Å². The summed E-state index contributed by atoms with van der Waals surface area (Å²) in [6.45, 7) is -0.348. The van der Waals surface area contributed by atoms with Crippen LogP contribution in [0.2, 0.25) is 5.02 Å². The number of halogens is 1. The molecule has 1 aliphatic heterocycles. The number of hydrazone groups is 1. The first-order valence-electron chi connectivity index (χ1n) is 8.79. The zero-order valence-electron chi connectivity index (χ0n) is 15.0.